The van der Waals surface area contributed by atoms with Gasteiger partial charge >= 0.3 is 5.97 Å². The minimum Gasteiger partial charge on any atom is -0.451 e. The van der Waals surface area contributed by atoms with Gasteiger partial charge in [0.05, 0.1) is 0 Å². The Morgan fingerprint density at radius 3 is 2.50 bits per heavy atom. The molecular formula is C15H15NO3S. The Labute approximate surface area is 121 Å². The molecule has 0 bridgehead atoms. The second kappa shape index (κ2) is 6.86. The van der Waals surface area contributed by atoms with Crippen LogP contribution in [0.15, 0.2) is 47.8 Å². The molecule has 0 aliphatic carbocycles. The third-order valence-electron chi connectivity index (χ3n) is 2.73. The molecule has 0 radical (unpaired) electrons. The van der Waals surface area contributed by atoms with Crippen LogP contribution in [0.1, 0.15) is 16.6 Å². The van der Waals surface area contributed by atoms with E-state index in [-0.39, 0.29) is 12.5 Å². The van der Waals surface area contributed by atoms with Crippen LogP contribution in [-0.2, 0) is 9.53 Å². The van der Waals surface area contributed by atoms with Gasteiger partial charge in [0.15, 0.2) is 6.61 Å². The van der Waals surface area contributed by atoms with E-state index >= 15 is 0 Å². The van der Waals surface area contributed by atoms with E-state index in [0.717, 1.165) is 5.69 Å². The lowest BCUT2D eigenvalue weighted by Gasteiger charge is -2.20. The number of para-hydroxylation sites is 1. The van der Waals surface area contributed by atoms with Crippen LogP contribution in [0.3, 0.4) is 0 Å². The summed E-state index contributed by atoms with van der Waals surface area (Å²) < 4.78 is 5.03. The van der Waals surface area contributed by atoms with E-state index in [0.29, 0.717) is 11.4 Å². The van der Waals surface area contributed by atoms with Crippen LogP contribution in [0.4, 0.5) is 5.69 Å². The van der Waals surface area contributed by atoms with Gasteiger partial charge in [-0.1, -0.05) is 24.3 Å². The summed E-state index contributed by atoms with van der Waals surface area (Å²) in [5, 5.41) is 1.79. The molecule has 20 heavy (non-hydrogen) atoms. The average molecular weight is 289 g/mol. The first-order valence-corrected chi connectivity index (χ1v) is 7.16. The summed E-state index contributed by atoms with van der Waals surface area (Å²) in [4.78, 5) is 25.9. The number of rotatable bonds is 5. The quantitative estimate of drug-likeness (QED) is 0.795. The number of anilines is 1. The van der Waals surface area contributed by atoms with Crippen molar-refractivity contribution in [2.45, 2.75) is 6.92 Å². The van der Waals surface area contributed by atoms with E-state index in [2.05, 4.69) is 0 Å². The molecule has 0 N–H and O–H groups in total. The van der Waals surface area contributed by atoms with Gasteiger partial charge in [0.1, 0.15) is 4.88 Å². The fourth-order valence-corrected chi connectivity index (χ4v) is 2.40. The van der Waals surface area contributed by atoms with Crippen molar-refractivity contribution in [3.8, 4) is 0 Å². The summed E-state index contributed by atoms with van der Waals surface area (Å²) in [7, 11) is 0. The Balaban J connectivity index is 1.95. The minimum atomic E-state index is -0.461. The van der Waals surface area contributed by atoms with Crippen LogP contribution in [0, 0.1) is 0 Å². The Hall–Kier alpha value is -2.14. The average Bonchev–Trinajstić information content (AvgIpc) is 3.01. The number of likely N-dealkylation sites (N-methyl/N-ethyl adjacent to an activating group) is 1. The highest BCUT2D eigenvalue weighted by atomic mass is 32.1. The van der Waals surface area contributed by atoms with Crippen molar-refractivity contribution < 1.29 is 14.3 Å². The molecule has 0 spiro atoms. The Kier molecular flexibility index (Phi) is 4.90. The summed E-state index contributed by atoms with van der Waals surface area (Å²) in [5.74, 6) is -0.693. The number of ether oxygens (including phenoxy) is 1. The maximum absolute atomic E-state index is 12.1. The van der Waals surface area contributed by atoms with Crippen molar-refractivity contribution >= 4 is 28.9 Å². The van der Waals surface area contributed by atoms with Crippen molar-refractivity contribution in [2.24, 2.45) is 0 Å². The van der Waals surface area contributed by atoms with Gasteiger partial charge in [-0.2, -0.15) is 0 Å². The summed E-state index contributed by atoms with van der Waals surface area (Å²) in [5.41, 5.74) is 0.798. The van der Waals surface area contributed by atoms with Gasteiger partial charge in [-0.3, -0.25) is 4.79 Å². The number of hydrogen-bond donors (Lipinski definition) is 0. The van der Waals surface area contributed by atoms with E-state index in [1.54, 1.807) is 22.4 Å². The molecule has 1 amide bonds. The van der Waals surface area contributed by atoms with Crippen LogP contribution in [0.25, 0.3) is 0 Å². The molecule has 2 aromatic rings. The van der Waals surface area contributed by atoms with Crippen molar-refractivity contribution in [1.29, 1.82) is 0 Å². The lowest BCUT2D eigenvalue weighted by atomic mass is 10.3. The molecule has 104 valence electrons. The molecule has 4 nitrogen and oxygen atoms in total. The van der Waals surface area contributed by atoms with Crippen molar-refractivity contribution in [2.75, 3.05) is 18.1 Å². The van der Waals surface area contributed by atoms with Crippen molar-refractivity contribution in [3.63, 3.8) is 0 Å². The van der Waals surface area contributed by atoms with E-state index in [9.17, 15) is 9.59 Å². The second-order valence-corrected chi connectivity index (χ2v) is 4.97. The van der Waals surface area contributed by atoms with Crippen LogP contribution in [-0.4, -0.2) is 25.0 Å². The first kappa shape index (κ1) is 14.3. The van der Waals surface area contributed by atoms with E-state index in [1.807, 2.05) is 37.3 Å². The zero-order valence-corrected chi connectivity index (χ0v) is 11.9. The molecule has 0 fully saturated rings. The van der Waals surface area contributed by atoms with Crippen LogP contribution >= 0.6 is 11.3 Å². The number of hydrogen-bond acceptors (Lipinski definition) is 4. The number of thiophene rings is 1. The highest BCUT2D eigenvalue weighted by molar-refractivity contribution is 7.11. The summed E-state index contributed by atoms with van der Waals surface area (Å²) in [6.45, 7) is 2.16. The van der Waals surface area contributed by atoms with Gasteiger partial charge in [0, 0.05) is 12.2 Å². The Bertz CT molecular complexity index is 566. The van der Waals surface area contributed by atoms with Gasteiger partial charge in [0.2, 0.25) is 0 Å². The number of carbonyl (C=O) groups excluding carboxylic acids is 2. The van der Waals surface area contributed by atoms with Crippen molar-refractivity contribution in [3.05, 3.63) is 52.7 Å². The lowest BCUT2D eigenvalue weighted by molar-refractivity contribution is -0.121. The lowest BCUT2D eigenvalue weighted by Crippen LogP contribution is -2.34. The number of nitrogens with zero attached hydrogens (tertiary/aromatic N) is 1. The number of carbonyl (C=O) groups is 2. The van der Waals surface area contributed by atoms with Gasteiger partial charge < -0.3 is 9.64 Å². The molecule has 1 aromatic carbocycles. The number of amides is 1. The molecule has 5 heteroatoms. The zero-order valence-electron chi connectivity index (χ0n) is 11.1. The summed E-state index contributed by atoms with van der Waals surface area (Å²) in [6.07, 6.45) is 0. The zero-order chi connectivity index (χ0) is 14.4. The van der Waals surface area contributed by atoms with Gasteiger partial charge in [-0.05, 0) is 30.5 Å². The van der Waals surface area contributed by atoms with Crippen LogP contribution in [0.5, 0.6) is 0 Å². The molecule has 0 saturated carbocycles. The Morgan fingerprint density at radius 2 is 1.90 bits per heavy atom. The fraction of sp³-hybridized carbons (Fsp3) is 0.200. The predicted molar refractivity (Wildman–Crippen MR) is 79.1 cm³/mol. The Morgan fingerprint density at radius 1 is 1.15 bits per heavy atom. The monoisotopic (exact) mass is 289 g/mol. The standard InChI is InChI=1S/C15H15NO3S/c1-2-16(12-7-4-3-5-8-12)14(17)11-19-15(18)13-9-6-10-20-13/h3-10H,2,11H2,1H3. The van der Waals surface area contributed by atoms with Crippen molar-refractivity contribution in [1.82, 2.24) is 0 Å². The SMILES string of the molecule is CCN(C(=O)COC(=O)c1cccs1)c1ccccc1. The fourth-order valence-electron chi connectivity index (χ4n) is 1.78. The highest BCUT2D eigenvalue weighted by Crippen LogP contribution is 2.14. The minimum absolute atomic E-state index is 0.233. The van der Waals surface area contributed by atoms with Gasteiger partial charge in [-0.15, -0.1) is 11.3 Å². The predicted octanol–water partition coefficient (Wildman–Crippen LogP) is 2.96. The first-order chi connectivity index (χ1) is 9.72. The van der Waals surface area contributed by atoms with Gasteiger partial charge in [0.25, 0.3) is 5.91 Å². The largest absolute Gasteiger partial charge is 0.451 e. The number of esters is 1. The van der Waals surface area contributed by atoms with E-state index in [1.165, 1.54) is 11.3 Å². The highest BCUT2D eigenvalue weighted by Gasteiger charge is 2.16. The van der Waals surface area contributed by atoms with E-state index in [4.69, 9.17) is 4.74 Å². The van der Waals surface area contributed by atoms with E-state index < -0.39 is 5.97 Å². The molecule has 0 atom stereocenters. The third-order valence-corrected chi connectivity index (χ3v) is 3.58. The molecule has 0 aliphatic rings. The molecule has 0 saturated heterocycles. The molecule has 0 unspecified atom stereocenters. The first-order valence-electron chi connectivity index (χ1n) is 6.28. The van der Waals surface area contributed by atoms with Crippen LogP contribution < -0.4 is 4.90 Å². The maximum atomic E-state index is 12.1. The second-order valence-electron chi connectivity index (χ2n) is 4.03. The number of benzene rings is 1. The molecular weight excluding hydrogens is 274 g/mol. The molecule has 1 heterocycles. The molecule has 2 rings (SSSR count). The summed E-state index contributed by atoms with van der Waals surface area (Å²) >= 11 is 1.29. The third kappa shape index (κ3) is 3.45. The normalized spacial score (nSPS) is 10.1. The topological polar surface area (TPSA) is 46.6 Å². The van der Waals surface area contributed by atoms with Crippen LogP contribution in [0.2, 0.25) is 0 Å². The maximum Gasteiger partial charge on any atom is 0.348 e. The smallest absolute Gasteiger partial charge is 0.348 e. The van der Waals surface area contributed by atoms with Gasteiger partial charge in [-0.25, -0.2) is 4.79 Å². The summed E-state index contributed by atoms with van der Waals surface area (Å²) in [6, 6.07) is 12.8. The molecule has 0 aliphatic heterocycles. The molecule has 1 aromatic heterocycles.